The van der Waals surface area contributed by atoms with Crippen molar-refractivity contribution in [1.29, 1.82) is 5.26 Å². The highest BCUT2D eigenvalue weighted by molar-refractivity contribution is 5.99. The van der Waals surface area contributed by atoms with Crippen LogP contribution in [0.1, 0.15) is 17.1 Å². The number of nitrogens with one attached hydrogen (secondary N) is 2. The van der Waals surface area contributed by atoms with Crippen LogP contribution < -0.4 is 5.43 Å². The number of para-hydroxylation sites is 1. The van der Waals surface area contributed by atoms with Crippen LogP contribution in [0.25, 0.3) is 10.9 Å². The molecule has 2 aromatic heterocycles. The molecule has 0 unspecified atom stereocenters. The van der Waals surface area contributed by atoms with Crippen molar-refractivity contribution in [3.8, 4) is 6.07 Å². The molecule has 0 saturated carbocycles. The molecule has 2 N–H and O–H groups in total. The minimum absolute atomic E-state index is 0.193. The molecule has 6 nitrogen and oxygen atoms in total. The Bertz CT molecular complexity index is 822. The summed E-state index contributed by atoms with van der Waals surface area (Å²) in [5, 5.41) is 14.0. The van der Waals surface area contributed by atoms with E-state index in [1.807, 2.05) is 36.5 Å². The van der Waals surface area contributed by atoms with Gasteiger partial charge in [0.25, 0.3) is 5.88 Å². The van der Waals surface area contributed by atoms with Gasteiger partial charge in [-0.15, -0.1) is 0 Å². The number of hydrogen-bond acceptors (Lipinski definition) is 5. The molecule has 20 heavy (non-hydrogen) atoms. The molecule has 3 aromatic rings. The minimum atomic E-state index is 0.193. The Balaban J connectivity index is 1.83. The fourth-order valence-corrected chi connectivity index (χ4v) is 1.94. The zero-order chi connectivity index (χ0) is 13.9. The normalized spacial score (nSPS) is 11.0. The monoisotopic (exact) mass is 265 g/mol. The van der Waals surface area contributed by atoms with E-state index in [9.17, 15) is 0 Å². The lowest BCUT2D eigenvalue weighted by molar-refractivity contribution is 0.533. The van der Waals surface area contributed by atoms with Crippen LogP contribution in [0.5, 0.6) is 0 Å². The quantitative estimate of drug-likeness (QED) is 0.562. The topological polar surface area (TPSA) is 90.0 Å². The summed E-state index contributed by atoms with van der Waals surface area (Å²) in [6, 6.07) is 9.88. The number of benzene rings is 1. The van der Waals surface area contributed by atoms with Crippen molar-refractivity contribution < 1.29 is 4.42 Å². The number of aromatic amines is 1. The summed E-state index contributed by atoms with van der Waals surface area (Å²) >= 11 is 0. The van der Waals surface area contributed by atoms with Gasteiger partial charge >= 0.3 is 0 Å². The van der Waals surface area contributed by atoms with Gasteiger partial charge in [-0.25, -0.2) is 10.4 Å². The number of hydrogen-bond donors (Lipinski definition) is 2. The summed E-state index contributed by atoms with van der Waals surface area (Å²) in [4.78, 5) is 7.08. The van der Waals surface area contributed by atoms with Crippen molar-refractivity contribution in [2.75, 3.05) is 5.43 Å². The Morgan fingerprint density at radius 3 is 3.15 bits per heavy atom. The molecule has 0 amide bonds. The van der Waals surface area contributed by atoms with Crippen LogP contribution in [0.4, 0.5) is 5.88 Å². The molecule has 1 aromatic carbocycles. The van der Waals surface area contributed by atoms with Crippen molar-refractivity contribution in [1.82, 2.24) is 9.97 Å². The summed E-state index contributed by atoms with van der Waals surface area (Å²) in [6.45, 7) is 1.68. The van der Waals surface area contributed by atoms with Crippen LogP contribution in [0, 0.1) is 18.3 Å². The number of fused-ring (bicyclic) bond motifs is 1. The van der Waals surface area contributed by atoms with Gasteiger partial charge in [0.15, 0.2) is 5.89 Å². The Morgan fingerprint density at radius 2 is 2.30 bits per heavy atom. The molecule has 0 bridgehead atoms. The van der Waals surface area contributed by atoms with Crippen LogP contribution in [0.3, 0.4) is 0 Å². The minimum Gasteiger partial charge on any atom is -0.422 e. The first-order valence-electron chi connectivity index (χ1n) is 6.00. The lowest BCUT2D eigenvalue weighted by Gasteiger charge is -1.94. The molecule has 0 spiro atoms. The highest BCUT2D eigenvalue weighted by Gasteiger charge is 2.08. The van der Waals surface area contributed by atoms with Crippen molar-refractivity contribution in [2.45, 2.75) is 6.92 Å². The number of nitrogens with zero attached hydrogens (tertiary/aromatic N) is 3. The number of hydrazone groups is 1. The molecule has 6 heteroatoms. The van der Waals surface area contributed by atoms with Gasteiger partial charge in [0.1, 0.15) is 6.07 Å². The zero-order valence-electron chi connectivity index (χ0n) is 10.7. The average Bonchev–Trinajstić information content (AvgIpc) is 3.03. The van der Waals surface area contributed by atoms with E-state index in [1.165, 1.54) is 0 Å². The van der Waals surface area contributed by atoms with E-state index in [-0.39, 0.29) is 11.6 Å². The van der Waals surface area contributed by atoms with Gasteiger partial charge in [-0.2, -0.15) is 10.4 Å². The number of aryl methyl sites for hydroxylation is 1. The fraction of sp³-hybridized carbons (Fsp3) is 0.0714. The van der Waals surface area contributed by atoms with Crippen molar-refractivity contribution in [3.63, 3.8) is 0 Å². The SMILES string of the molecule is Cc1nc(C#N)c(N/N=C\c2c[nH]c3ccccc23)o1. The van der Waals surface area contributed by atoms with Crippen LogP contribution >= 0.6 is 0 Å². The maximum absolute atomic E-state index is 8.89. The van der Waals surface area contributed by atoms with Gasteiger partial charge in [0, 0.05) is 29.6 Å². The fourth-order valence-electron chi connectivity index (χ4n) is 1.94. The first-order valence-corrected chi connectivity index (χ1v) is 6.00. The van der Waals surface area contributed by atoms with E-state index >= 15 is 0 Å². The molecule has 0 fully saturated rings. The third-order valence-electron chi connectivity index (χ3n) is 2.83. The number of nitriles is 1. The molecule has 0 atom stereocenters. The lowest BCUT2D eigenvalue weighted by atomic mass is 10.2. The molecule has 0 aliphatic heterocycles. The van der Waals surface area contributed by atoms with Crippen molar-refractivity contribution in [3.05, 3.63) is 47.6 Å². The van der Waals surface area contributed by atoms with Gasteiger partial charge < -0.3 is 9.40 Å². The molecule has 0 aliphatic rings. The average molecular weight is 265 g/mol. The number of oxazole rings is 1. The largest absolute Gasteiger partial charge is 0.422 e. The molecule has 3 rings (SSSR count). The predicted molar refractivity (Wildman–Crippen MR) is 75.5 cm³/mol. The van der Waals surface area contributed by atoms with Crippen molar-refractivity contribution >= 4 is 23.0 Å². The summed E-state index contributed by atoms with van der Waals surface area (Å²) in [7, 11) is 0. The van der Waals surface area contributed by atoms with Crippen LogP contribution in [-0.2, 0) is 0 Å². The maximum atomic E-state index is 8.89. The first-order chi connectivity index (χ1) is 9.78. The second-order valence-corrected chi connectivity index (χ2v) is 4.18. The molecule has 0 saturated heterocycles. The molecule has 98 valence electrons. The third kappa shape index (κ3) is 2.12. The number of aromatic nitrogens is 2. The van der Waals surface area contributed by atoms with Gasteiger partial charge in [-0.1, -0.05) is 18.2 Å². The zero-order valence-corrected chi connectivity index (χ0v) is 10.7. The van der Waals surface area contributed by atoms with Crippen molar-refractivity contribution in [2.24, 2.45) is 5.10 Å². The van der Waals surface area contributed by atoms with Crippen LogP contribution in [0.2, 0.25) is 0 Å². The summed E-state index contributed by atoms with van der Waals surface area (Å²) in [6.07, 6.45) is 3.53. The third-order valence-corrected chi connectivity index (χ3v) is 2.83. The summed E-state index contributed by atoms with van der Waals surface area (Å²) in [5.74, 6) is 0.674. The lowest BCUT2D eigenvalue weighted by Crippen LogP contribution is -1.91. The van der Waals surface area contributed by atoms with E-state index in [0.717, 1.165) is 16.5 Å². The van der Waals surface area contributed by atoms with E-state index in [1.54, 1.807) is 13.1 Å². The Morgan fingerprint density at radius 1 is 1.45 bits per heavy atom. The Labute approximate surface area is 114 Å². The van der Waals surface area contributed by atoms with Gasteiger partial charge in [0.2, 0.25) is 5.69 Å². The van der Waals surface area contributed by atoms with Gasteiger partial charge in [-0.05, 0) is 6.07 Å². The summed E-state index contributed by atoms with van der Waals surface area (Å²) < 4.78 is 5.25. The molecular weight excluding hydrogens is 254 g/mol. The highest BCUT2D eigenvalue weighted by Crippen LogP contribution is 2.17. The second kappa shape index (κ2) is 4.90. The standard InChI is InChI=1S/C14H11N5O/c1-9-18-13(6-15)14(20-9)19-17-8-10-7-16-12-5-3-2-4-11(10)12/h2-5,7-8,16,19H,1H3/b17-8-. The highest BCUT2D eigenvalue weighted by atomic mass is 16.4. The Kier molecular flexibility index (Phi) is 2.94. The van der Waals surface area contributed by atoms with E-state index < -0.39 is 0 Å². The smallest absolute Gasteiger partial charge is 0.252 e. The first kappa shape index (κ1) is 12.0. The molecule has 0 radical (unpaired) electrons. The van der Waals surface area contributed by atoms with E-state index in [0.29, 0.717) is 5.89 Å². The molecule has 2 heterocycles. The van der Waals surface area contributed by atoms with Crippen LogP contribution in [0.15, 0.2) is 40.0 Å². The summed E-state index contributed by atoms with van der Waals surface area (Å²) in [5.41, 5.74) is 4.88. The second-order valence-electron chi connectivity index (χ2n) is 4.18. The number of H-pyrrole nitrogens is 1. The Hall–Kier alpha value is -3.07. The number of rotatable bonds is 3. The van der Waals surface area contributed by atoms with Gasteiger partial charge in [-0.3, -0.25) is 0 Å². The predicted octanol–water partition coefficient (Wildman–Crippen LogP) is 2.78. The van der Waals surface area contributed by atoms with Crippen LogP contribution in [-0.4, -0.2) is 16.2 Å². The molecular formula is C14H11N5O. The van der Waals surface area contributed by atoms with E-state index in [4.69, 9.17) is 9.68 Å². The van der Waals surface area contributed by atoms with E-state index in [2.05, 4.69) is 20.5 Å². The molecule has 0 aliphatic carbocycles. The maximum Gasteiger partial charge on any atom is 0.252 e. The number of anilines is 1. The van der Waals surface area contributed by atoms with Gasteiger partial charge in [0.05, 0.1) is 6.21 Å².